The van der Waals surface area contributed by atoms with Crippen molar-refractivity contribution < 1.29 is 9.53 Å². The molecule has 40 heavy (non-hydrogen) atoms. The molecule has 1 saturated heterocycles. The summed E-state index contributed by atoms with van der Waals surface area (Å²) in [7, 11) is 0. The summed E-state index contributed by atoms with van der Waals surface area (Å²) in [5.41, 5.74) is 3.86. The Morgan fingerprint density at radius 3 is 2.62 bits per heavy atom. The lowest BCUT2D eigenvalue weighted by Gasteiger charge is -2.32. The van der Waals surface area contributed by atoms with Gasteiger partial charge in [0.05, 0.1) is 41.9 Å². The molecule has 0 radical (unpaired) electrons. The summed E-state index contributed by atoms with van der Waals surface area (Å²) in [5, 5.41) is 15.8. The van der Waals surface area contributed by atoms with E-state index in [-0.39, 0.29) is 5.91 Å². The number of anilines is 2. The fourth-order valence-electron chi connectivity index (χ4n) is 5.59. The van der Waals surface area contributed by atoms with E-state index in [1.807, 2.05) is 41.3 Å². The van der Waals surface area contributed by atoms with Gasteiger partial charge in [-0.15, -0.1) is 5.10 Å². The highest BCUT2D eigenvalue weighted by Crippen LogP contribution is 2.26. The minimum absolute atomic E-state index is 0.170. The third-order valence-corrected chi connectivity index (χ3v) is 7.88. The van der Waals surface area contributed by atoms with Crippen LogP contribution in [0.3, 0.4) is 0 Å². The zero-order chi connectivity index (χ0) is 27.1. The van der Waals surface area contributed by atoms with Gasteiger partial charge in [-0.05, 0) is 75.0 Å². The van der Waals surface area contributed by atoms with Crippen LogP contribution in [-0.2, 0) is 4.79 Å². The summed E-state index contributed by atoms with van der Waals surface area (Å²) < 4.78 is 9.94. The second-order valence-electron chi connectivity index (χ2n) is 10.8. The molecule has 4 aromatic rings. The lowest BCUT2D eigenvalue weighted by Crippen LogP contribution is -2.36. The number of nitrogens with one attached hydrogen (secondary N) is 2. The highest BCUT2D eigenvalue weighted by molar-refractivity contribution is 5.75. The van der Waals surface area contributed by atoms with Gasteiger partial charge in [-0.1, -0.05) is 12.8 Å². The fraction of sp³-hybridized carbons (Fsp3) is 0.467. The van der Waals surface area contributed by atoms with Gasteiger partial charge in [-0.2, -0.15) is 5.10 Å². The highest BCUT2D eigenvalue weighted by atomic mass is 16.5. The predicted octanol–water partition coefficient (Wildman–Crippen LogP) is 4.82. The first kappa shape index (κ1) is 26.3. The molecule has 0 unspecified atom stereocenters. The topological polar surface area (TPSA) is 102 Å². The third-order valence-electron chi connectivity index (χ3n) is 7.88. The molecule has 8 heterocycles. The van der Waals surface area contributed by atoms with Gasteiger partial charge in [0.1, 0.15) is 5.75 Å². The van der Waals surface area contributed by atoms with E-state index in [0.717, 1.165) is 99.3 Å². The Labute approximate surface area is 234 Å². The van der Waals surface area contributed by atoms with Crippen molar-refractivity contribution in [1.29, 1.82) is 0 Å². The van der Waals surface area contributed by atoms with Crippen LogP contribution in [0, 0.1) is 0 Å². The van der Waals surface area contributed by atoms with Crippen molar-refractivity contribution in [3.05, 3.63) is 55.0 Å². The molecule has 5 aliphatic rings. The minimum Gasteiger partial charge on any atom is -0.494 e. The maximum atomic E-state index is 12.2. The van der Waals surface area contributed by atoms with E-state index < -0.39 is 0 Å². The molecule has 210 valence electrons. The number of rotatable bonds is 0. The molecule has 5 aliphatic heterocycles. The maximum Gasteiger partial charge on any atom is 0.245 e. The Bertz CT molecular complexity index is 1400. The Morgan fingerprint density at radius 2 is 1.75 bits per heavy atom. The Balaban J connectivity index is 1.17. The third kappa shape index (κ3) is 6.44. The summed E-state index contributed by atoms with van der Waals surface area (Å²) in [6, 6.07) is 12.6. The van der Waals surface area contributed by atoms with E-state index in [0.29, 0.717) is 25.0 Å². The summed E-state index contributed by atoms with van der Waals surface area (Å²) in [5.74, 6) is 1.55. The fourth-order valence-corrected chi connectivity index (χ4v) is 5.59. The lowest BCUT2D eigenvalue weighted by atomic mass is 10.1. The van der Waals surface area contributed by atoms with Crippen molar-refractivity contribution >= 4 is 23.1 Å². The van der Waals surface area contributed by atoms with Crippen LogP contribution in [0.25, 0.3) is 16.8 Å². The van der Waals surface area contributed by atoms with Gasteiger partial charge in [0, 0.05) is 37.8 Å². The summed E-state index contributed by atoms with van der Waals surface area (Å²) in [6.45, 7) is 4.53. The molecule has 1 fully saturated rings. The largest absolute Gasteiger partial charge is 0.494 e. The number of carbonyl (C=O) groups is 1. The molecule has 10 heteroatoms. The molecule has 10 nitrogen and oxygen atoms in total. The van der Waals surface area contributed by atoms with Gasteiger partial charge in [0.2, 0.25) is 11.9 Å². The molecule has 0 saturated carbocycles. The molecule has 0 aliphatic carbocycles. The first-order valence-corrected chi connectivity index (χ1v) is 14.6. The van der Waals surface area contributed by atoms with Crippen molar-refractivity contribution in [1.82, 2.24) is 34.6 Å². The minimum atomic E-state index is 0.170. The molecule has 3 aromatic heterocycles. The van der Waals surface area contributed by atoms with Crippen LogP contribution in [0.15, 0.2) is 55.0 Å². The maximum absolute atomic E-state index is 12.2. The molecule has 1 aromatic carbocycles. The number of piperidine rings is 1. The van der Waals surface area contributed by atoms with Gasteiger partial charge in [-0.25, -0.2) is 9.50 Å². The quantitative estimate of drug-likeness (QED) is 0.328. The summed E-state index contributed by atoms with van der Waals surface area (Å²) in [4.78, 5) is 19.2. The van der Waals surface area contributed by atoms with Crippen molar-refractivity contribution in [2.75, 3.05) is 38.1 Å². The van der Waals surface area contributed by atoms with Gasteiger partial charge in [-0.3, -0.25) is 9.48 Å². The zero-order valence-electron chi connectivity index (χ0n) is 23.0. The summed E-state index contributed by atoms with van der Waals surface area (Å²) in [6.07, 6.45) is 13.5. The van der Waals surface area contributed by atoms with Crippen molar-refractivity contribution in [2.45, 2.75) is 57.4 Å². The number of benzene rings is 1. The normalized spacial score (nSPS) is 21.4. The first-order valence-electron chi connectivity index (χ1n) is 14.6. The van der Waals surface area contributed by atoms with E-state index in [1.165, 1.54) is 0 Å². The lowest BCUT2D eigenvalue weighted by molar-refractivity contribution is -0.121. The van der Waals surface area contributed by atoms with Gasteiger partial charge in [0.15, 0.2) is 0 Å². The SMILES string of the molecule is O=C1CCCCCCOc2ccc(cc2)-c2ccc3cnc(nn23)Nc2cnn(c2)C2CCN(CCCN1)CC2. The molecular weight excluding hydrogens is 504 g/mol. The standard InChI is InChI=1S/C30H38N8O2/c39-29-6-3-1-2-4-19-40-27-10-7-23(8-11-27)28-12-9-26-21-32-30(35-38(26)28)34-24-20-33-37(22-24)25-13-17-36(18-14-25)16-5-15-31-29/h7-12,20-22,25H,1-6,13-19H2,(H,31,39)(H,34,35). The second kappa shape index (κ2) is 12.5. The van der Waals surface area contributed by atoms with E-state index in [4.69, 9.17) is 9.84 Å². The number of hydrogen-bond acceptors (Lipinski definition) is 7. The van der Waals surface area contributed by atoms with Crippen LogP contribution < -0.4 is 15.4 Å². The highest BCUT2D eigenvalue weighted by Gasteiger charge is 2.21. The monoisotopic (exact) mass is 542 g/mol. The summed E-state index contributed by atoms with van der Waals surface area (Å²) >= 11 is 0. The number of aromatic nitrogens is 5. The van der Waals surface area contributed by atoms with Gasteiger partial charge in [0.25, 0.3) is 0 Å². The Hall–Kier alpha value is -3.92. The molecular formula is C30H38N8O2. The van der Waals surface area contributed by atoms with E-state index in [2.05, 4.69) is 48.5 Å². The molecule has 9 rings (SSSR count). The number of amides is 1. The van der Waals surface area contributed by atoms with Crippen molar-refractivity contribution in [3.8, 4) is 17.0 Å². The van der Waals surface area contributed by atoms with Crippen LogP contribution >= 0.6 is 0 Å². The number of ether oxygens (including phenoxy) is 1. The predicted molar refractivity (Wildman–Crippen MR) is 155 cm³/mol. The van der Waals surface area contributed by atoms with E-state index in [1.54, 1.807) is 0 Å². The Morgan fingerprint density at radius 1 is 0.900 bits per heavy atom. The molecule has 0 atom stereocenters. The number of nitrogens with zero attached hydrogens (tertiary/aromatic N) is 6. The molecule has 2 N–H and O–H groups in total. The van der Waals surface area contributed by atoms with Crippen LogP contribution in [0.1, 0.15) is 57.4 Å². The smallest absolute Gasteiger partial charge is 0.245 e. The second-order valence-corrected chi connectivity index (χ2v) is 10.8. The first-order chi connectivity index (χ1) is 19.7. The van der Waals surface area contributed by atoms with Gasteiger partial charge < -0.3 is 20.3 Å². The molecule has 1 amide bonds. The van der Waals surface area contributed by atoms with Crippen molar-refractivity contribution in [2.24, 2.45) is 0 Å². The van der Waals surface area contributed by atoms with Crippen LogP contribution in [-0.4, -0.2) is 68.0 Å². The molecule has 0 spiro atoms. The average Bonchev–Trinajstić information content (AvgIpc) is 3.62. The van der Waals surface area contributed by atoms with E-state index in [9.17, 15) is 4.79 Å². The number of carbonyl (C=O) groups excluding carboxylic acids is 1. The van der Waals surface area contributed by atoms with E-state index >= 15 is 0 Å². The van der Waals surface area contributed by atoms with Crippen LogP contribution in [0.5, 0.6) is 5.75 Å². The van der Waals surface area contributed by atoms with Crippen LogP contribution in [0.4, 0.5) is 11.6 Å². The van der Waals surface area contributed by atoms with Gasteiger partial charge >= 0.3 is 0 Å². The zero-order valence-corrected chi connectivity index (χ0v) is 23.0. The Kier molecular flexibility index (Phi) is 8.23. The van der Waals surface area contributed by atoms with Crippen molar-refractivity contribution in [3.63, 3.8) is 0 Å². The average molecular weight is 543 g/mol. The molecule has 8 bridgehead atoms. The van der Waals surface area contributed by atoms with Crippen LogP contribution in [0.2, 0.25) is 0 Å². The number of hydrogen-bond donors (Lipinski definition) is 2.